The minimum absolute atomic E-state index is 0.0537. The number of hydrogen-bond acceptors (Lipinski definition) is 31. The first-order valence-electron chi connectivity index (χ1n) is 25.4. The molecule has 6 radical (unpaired) electrons. The zero-order chi connectivity index (χ0) is 62.3. The van der Waals surface area contributed by atoms with Crippen LogP contribution in [0.5, 0.6) is 0 Å². The van der Waals surface area contributed by atoms with Gasteiger partial charge in [0.05, 0.1) is 56.9 Å². The number of rotatable bonds is 27. The number of methoxy groups -OCH3 is 1. The van der Waals surface area contributed by atoms with Crippen molar-refractivity contribution in [1.82, 2.24) is 10.6 Å². The van der Waals surface area contributed by atoms with Gasteiger partial charge in [0.2, 0.25) is 0 Å². The van der Waals surface area contributed by atoms with E-state index in [-0.39, 0.29) is 25.9 Å². The average Bonchev–Trinajstić information content (AvgIpc) is 2.39. The molecule has 27 unspecified atom stereocenters. The van der Waals surface area contributed by atoms with Crippen LogP contribution in [-0.2, 0) is 100 Å². The minimum atomic E-state index is -4.58. The summed E-state index contributed by atoms with van der Waals surface area (Å²) in [6.45, 7) is -11.5. The van der Waals surface area contributed by atoms with Crippen molar-refractivity contribution in [1.29, 1.82) is 0 Å². The molecule has 0 aromatic carbocycles. The molecule has 0 aromatic heterocycles. The van der Waals surface area contributed by atoms with E-state index >= 15 is 0 Å². The first-order valence-corrected chi connectivity index (χ1v) is 39.4. The lowest BCUT2D eigenvalue weighted by atomic mass is 9.75. The van der Waals surface area contributed by atoms with E-state index in [0.29, 0.717) is 0 Å². The van der Waals surface area contributed by atoms with E-state index in [4.69, 9.17) is 147 Å². The summed E-state index contributed by atoms with van der Waals surface area (Å²) in [4.78, 5) is 48.5. The Morgan fingerprint density at radius 2 is 1.13 bits per heavy atom. The summed E-state index contributed by atoms with van der Waals surface area (Å²) in [6.07, 6.45) is -24.9. The highest BCUT2D eigenvalue weighted by Crippen LogP contribution is 2.50. The predicted octanol–water partition coefficient (Wildman–Crippen LogP) is -7.81. The van der Waals surface area contributed by atoms with Gasteiger partial charge in [-0.3, -0.25) is 5.32 Å². The summed E-state index contributed by atoms with van der Waals surface area (Å²) in [5.41, 5.74) is 18.4. The van der Waals surface area contributed by atoms with Gasteiger partial charge < -0.3 is 144 Å². The summed E-state index contributed by atoms with van der Waals surface area (Å²) in [7, 11) is 20.7. The maximum absolute atomic E-state index is 13.9. The largest absolute Gasteiger partial charge is 0.780 e. The smallest absolute Gasteiger partial charge is 0.187 e. The molecule has 0 spiro atoms. The first kappa shape index (κ1) is 74.8. The van der Waals surface area contributed by atoms with Gasteiger partial charge in [-0.25, -0.2) is 9.98 Å². The highest BCUT2D eigenvalue weighted by atomic mass is 128. The van der Waals surface area contributed by atoms with E-state index in [0.717, 1.165) is 0 Å². The van der Waals surface area contributed by atoms with Crippen molar-refractivity contribution in [2.45, 2.75) is 191 Å². The van der Waals surface area contributed by atoms with Crippen LogP contribution in [0, 0.1) is 0 Å². The molecule has 474 valence electrons. The molecule has 6 fully saturated rings. The maximum atomic E-state index is 13.9. The van der Waals surface area contributed by atoms with E-state index in [1.165, 1.54) is 34.9 Å². The van der Waals surface area contributed by atoms with Crippen LogP contribution in [0.1, 0.15) is 40.0 Å². The van der Waals surface area contributed by atoms with Crippen molar-refractivity contribution in [3.05, 3.63) is 0 Å². The van der Waals surface area contributed by atoms with Gasteiger partial charge in [-0.05, 0) is 47.1 Å². The molecule has 1 saturated carbocycles. The maximum Gasteiger partial charge on any atom is 0.187 e. The number of guanidine groups is 2. The Kier molecular flexibility index (Phi) is 28.9. The van der Waals surface area contributed by atoms with Crippen LogP contribution in [0.15, 0.2) is 9.98 Å². The zero-order valence-electron chi connectivity index (χ0n) is 45.3. The number of halogens is 2. The van der Waals surface area contributed by atoms with Gasteiger partial charge >= 0.3 is 0 Å². The number of aliphatic imine (C=N–C) groups is 2. The second-order valence-corrected chi connectivity index (χ2v) is 28.6. The van der Waals surface area contributed by atoms with E-state index in [2.05, 4.69) is 57.9 Å². The fourth-order valence-corrected chi connectivity index (χ4v) is 14.5. The third kappa shape index (κ3) is 19.3. The molecule has 1 aliphatic carbocycles. The molecular weight excluding hydrogens is 1450 g/mol. The second-order valence-electron chi connectivity index (χ2n) is 20.5. The van der Waals surface area contributed by atoms with Crippen molar-refractivity contribution >= 4 is 128 Å². The number of nitrogens with one attached hydrogen (secondary N) is 2. The van der Waals surface area contributed by atoms with Crippen LogP contribution in [-0.4, -0.2) is 270 Å². The number of likely N-dealkylation sites (N-methyl/N-ethyl adjacent to an activating group) is 1. The molecule has 6 rings (SSSR count). The molecule has 5 aliphatic heterocycles. The summed E-state index contributed by atoms with van der Waals surface area (Å²) < 4.78 is 80.0. The quantitative estimate of drug-likeness (QED) is 0.00907. The molecule has 32 nitrogen and oxygen atoms in total. The summed E-state index contributed by atoms with van der Waals surface area (Å²) in [5, 5.41) is 84.5. The van der Waals surface area contributed by atoms with Gasteiger partial charge in [-0.15, -0.1) is 0 Å². The fourth-order valence-electron chi connectivity index (χ4n) is 10.3. The lowest BCUT2D eigenvalue weighted by molar-refractivity contribution is -0.319. The van der Waals surface area contributed by atoms with Gasteiger partial charge in [0.1, 0.15) is 135 Å². The summed E-state index contributed by atoms with van der Waals surface area (Å²) in [5.74, 6) is -1.16. The standard InChI is InChI=1S/C40H74B3N8O24P3S3.I2/c1-14-40(58,34(72-35-27(48-4)31(56)28(53)18(9-52)70-35)36(66-14)71-33-26(51-38(46)47)29(54)25(50-37(44)45)30(55)32(33)57)39(2,3)49-13-65-78(61,81)75-17-8-24(43)69-21(17)12-64-77(60,80)74-16-7-23(42)68-20(16)11-63-76(59,79)73-15-6-22(41)67-19(15)10-62-5;1-2/h14-36,48-49,52-58H,6-13H2,1-5H3,(H,59,79)(H,60,80)(H,61,81)(H4,44,45,50)(H4,46,47,51);/p-3. The monoisotopic (exact) mass is 1520 g/mol. The number of hydrogen-bond donors (Lipinski definition) is 13. The second kappa shape index (κ2) is 32.1. The van der Waals surface area contributed by atoms with Crippen LogP contribution in [0.2, 0.25) is 0 Å². The molecular formula is C40H71B3I2N8O24P3S3-3. The van der Waals surface area contributed by atoms with Crippen LogP contribution in [0.25, 0.3) is 0 Å². The first-order chi connectivity index (χ1) is 38.7. The molecule has 83 heavy (non-hydrogen) atoms. The molecule has 0 bridgehead atoms. The molecule has 0 amide bonds. The van der Waals surface area contributed by atoms with Gasteiger partial charge in [0, 0.05) is 67.9 Å². The topological polar surface area (TPSA) is 493 Å². The van der Waals surface area contributed by atoms with E-state index in [1.807, 2.05) is 0 Å². The Morgan fingerprint density at radius 3 is 1.58 bits per heavy atom. The van der Waals surface area contributed by atoms with Gasteiger partial charge in [-0.1, -0.05) is 35.4 Å². The Morgan fingerprint density at radius 1 is 0.675 bits per heavy atom. The van der Waals surface area contributed by atoms with E-state index < -0.39 is 210 Å². The zero-order valence-corrected chi connectivity index (χ0v) is 54.7. The number of aliphatic hydroxyl groups is 7. The van der Waals surface area contributed by atoms with Crippen LogP contribution in [0.3, 0.4) is 0 Å². The highest BCUT2D eigenvalue weighted by molar-refractivity contribution is 15.0. The molecule has 27 atom stereocenters. The predicted molar refractivity (Wildman–Crippen MR) is 316 cm³/mol. The lowest BCUT2D eigenvalue weighted by Crippen LogP contribution is -2.71. The van der Waals surface area contributed by atoms with Gasteiger partial charge in [0.25, 0.3) is 0 Å². The fraction of sp³-hybridized carbons (Fsp3) is 0.950. The molecule has 6 aliphatic rings. The molecule has 43 heteroatoms. The Bertz CT molecular complexity index is 2310. The summed E-state index contributed by atoms with van der Waals surface area (Å²) >= 11 is 19.8. The third-order valence-corrected chi connectivity index (χ3v) is 19.1. The SMILES string of the molecule is II.[B]C1CC(OP([O-])(=S)OCC2OC([B])CC2OP([O-])(=S)OCC2OC([B])CC2OP([O-])(=S)OCNC(C)(C)C2(O)C(C)OC(OC3C(O)C(O)C(N=C(N)N)C(O)C3N=C(N)N)C2OC2OC(CO)C(O)C(O)C2NC)C(COC)O1. The summed E-state index contributed by atoms with van der Waals surface area (Å²) in [6, 6.07) is -7.16. The van der Waals surface area contributed by atoms with E-state index in [9.17, 15) is 50.4 Å². The Balaban J connectivity index is 0.00000624. The number of nitrogens with two attached hydrogens (primary N) is 4. The van der Waals surface area contributed by atoms with Crippen LogP contribution >= 0.6 is 57.4 Å². The minimum Gasteiger partial charge on any atom is -0.780 e. The van der Waals surface area contributed by atoms with Crippen molar-refractivity contribution < 1.29 is 115 Å². The van der Waals surface area contributed by atoms with Crippen molar-refractivity contribution in [2.75, 3.05) is 47.3 Å². The lowest BCUT2D eigenvalue weighted by Gasteiger charge is -2.49. The number of nitrogens with zero attached hydrogens (tertiary/aromatic N) is 2. The van der Waals surface area contributed by atoms with Gasteiger partial charge in [0.15, 0.2) is 24.5 Å². The van der Waals surface area contributed by atoms with Gasteiger partial charge in [-0.2, -0.15) is 0 Å². The molecule has 0 aromatic rings. The normalized spacial score (nSPS) is 42.4. The Labute approximate surface area is 522 Å². The van der Waals surface area contributed by atoms with Crippen molar-refractivity contribution in [3.8, 4) is 0 Å². The molecule has 17 N–H and O–H groups in total. The van der Waals surface area contributed by atoms with Crippen molar-refractivity contribution in [2.24, 2.45) is 32.9 Å². The van der Waals surface area contributed by atoms with E-state index in [1.54, 1.807) is 0 Å². The van der Waals surface area contributed by atoms with Crippen LogP contribution < -0.4 is 48.2 Å². The third-order valence-electron chi connectivity index (χ3n) is 14.4. The highest BCUT2D eigenvalue weighted by Gasteiger charge is 2.66. The molecule has 5 heterocycles. The van der Waals surface area contributed by atoms with Crippen molar-refractivity contribution in [3.63, 3.8) is 0 Å². The number of aliphatic hydroxyl groups excluding tert-OH is 6. The Hall–Kier alpha value is 1.10. The molecule has 5 saturated heterocycles. The average molecular weight is 1520 g/mol. The number of ether oxygens (including phenoxy) is 8. The van der Waals surface area contributed by atoms with Crippen LogP contribution in [0.4, 0.5) is 0 Å².